The van der Waals surface area contributed by atoms with Gasteiger partial charge in [-0.1, -0.05) is 60.7 Å². The van der Waals surface area contributed by atoms with Gasteiger partial charge in [-0.25, -0.2) is 0 Å². The number of nitrogens with zero attached hydrogens (tertiary/aromatic N) is 1. The van der Waals surface area contributed by atoms with Crippen LogP contribution in [0, 0.1) is 0 Å². The predicted molar refractivity (Wildman–Crippen MR) is 129 cm³/mol. The van der Waals surface area contributed by atoms with Crippen molar-refractivity contribution in [1.82, 2.24) is 0 Å². The second-order valence-corrected chi connectivity index (χ2v) is 7.12. The summed E-state index contributed by atoms with van der Waals surface area (Å²) in [6.45, 7) is 3.05. The molecule has 4 rings (SSSR count). The Hall–Kier alpha value is -3.70. The highest BCUT2D eigenvalue weighted by Gasteiger charge is 2.12. The van der Waals surface area contributed by atoms with Crippen molar-refractivity contribution in [2.75, 3.05) is 0 Å². The van der Waals surface area contributed by atoms with E-state index in [2.05, 4.69) is 4.99 Å². The van der Waals surface area contributed by atoms with Crippen LogP contribution in [0.5, 0.6) is 11.5 Å². The fourth-order valence-corrected chi connectivity index (χ4v) is 3.61. The SMILES string of the molecule is CC(=O)Oc1ccc2ccccc2c1C=NCc1c(OC(C)=O)ccc2ccccc12.Cl. The minimum Gasteiger partial charge on any atom is -0.426 e. The Morgan fingerprint density at radius 3 is 1.94 bits per heavy atom. The summed E-state index contributed by atoms with van der Waals surface area (Å²) in [6.07, 6.45) is 1.71. The summed E-state index contributed by atoms with van der Waals surface area (Å²) in [5.41, 5.74) is 1.54. The van der Waals surface area contributed by atoms with Gasteiger partial charge in [-0.3, -0.25) is 14.6 Å². The third-order valence-electron chi connectivity index (χ3n) is 4.91. The van der Waals surface area contributed by atoms with Gasteiger partial charge in [0.15, 0.2) is 0 Å². The van der Waals surface area contributed by atoms with Crippen molar-refractivity contribution in [3.63, 3.8) is 0 Å². The molecule has 0 aliphatic heterocycles. The van der Waals surface area contributed by atoms with Gasteiger partial charge in [0.05, 0.1) is 6.54 Å². The van der Waals surface area contributed by atoms with Crippen molar-refractivity contribution in [3.05, 3.63) is 83.9 Å². The van der Waals surface area contributed by atoms with Crippen LogP contribution in [-0.2, 0) is 16.1 Å². The van der Waals surface area contributed by atoms with E-state index < -0.39 is 5.97 Å². The fourth-order valence-electron chi connectivity index (χ4n) is 3.61. The lowest BCUT2D eigenvalue weighted by Crippen LogP contribution is -2.05. The summed E-state index contributed by atoms with van der Waals surface area (Å²) in [4.78, 5) is 27.8. The molecule has 0 radical (unpaired) electrons. The standard InChI is InChI=1S/C26H21NO4.ClH/c1-17(28)30-25-13-11-19-7-3-5-9-21(19)23(25)15-27-16-24-22-10-6-4-8-20(22)12-14-26(24)31-18(2)29;/h3-15H,16H2,1-2H3;1H. The number of aliphatic imine (C=N–C) groups is 1. The summed E-state index contributed by atoms with van der Waals surface area (Å²) in [6, 6.07) is 23.1. The van der Waals surface area contributed by atoms with Gasteiger partial charge in [0.1, 0.15) is 11.5 Å². The molecule has 4 aromatic rings. The Labute approximate surface area is 192 Å². The molecule has 0 saturated heterocycles. The van der Waals surface area contributed by atoms with Gasteiger partial charge in [0, 0.05) is 31.2 Å². The number of hydrogen-bond acceptors (Lipinski definition) is 5. The Balaban J connectivity index is 0.00000289. The van der Waals surface area contributed by atoms with Crippen LogP contribution < -0.4 is 9.47 Å². The first-order valence-electron chi connectivity index (χ1n) is 9.92. The number of hydrogen-bond donors (Lipinski definition) is 0. The molecule has 0 amide bonds. The van der Waals surface area contributed by atoms with Gasteiger partial charge in [0.25, 0.3) is 0 Å². The van der Waals surface area contributed by atoms with E-state index in [4.69, 9.17) is 9.47 Å². The van der Waals surface area contributed by atoms with E-state index in [1.807, 2.05) is 60.7 Å². The molecule has 0 spiro atoms. The van der Waals surface area contributed by atoms with E-state index >= 15 is 0 Å². The molecular formula is C26H22ClNO4. The smallest absolute Gasteiger partial charge is 0.308 e. The van der Waals surface area contributed by atoms with Crippen LogP contribution in [0.25, 0.3) is 21.5 Å². The molecule has 0 saturated carbocycles. The predicted octanol–water partition coefficient (Wildman–Crippen LogP) is 5.88. The molecule has 4 aromatic carbocycles. The molecule has 162 valence electrons. The number of ether oxygens (including phenoxy) is 2. The zero-order valence-corrected chi connectivity index (χ0v) is 18.5. The molecule has 32 heavy (non-hydrogen) atoms. The quantitative estimate of drug-likeness (QED) is 0.217. The molecule has 0 atom stereocenters. The largest absolute Gasteiger partial charge is 0.426 e. The van der Waals surface area contributed by atoms with Gasteiger partial charge in [-0.15, -0.1) is 12.4 Å². The maximum Gasteiger partial charge on any atom is 0.308 e. The second kappa shape index (κ2) is 10.1. The normalized spacial score (nSPS) is 10.8. The van der Waals surface area contributed by atoms with Gasteiger partial charge < -0.3 is 9.47 Å². The van der Waals surface area contributed by atoms with Crippen molar-refractivity contribution < 1.29 is 19.1 Å². The molecule has 0 N–H and O–H groups in total. The van der Waals surface area contributed by atoms with Crippen molar-refractivity contribution in [2.45, 2.75) is 20.4 Å². The summed E-state index contributed by atoms with van der Waals surface area (Å²) in [7, 11) is 0. The van der Waals surface area contributed by atoms with Crippen molar-refractivity contribution in [3.8, 4) is 11.5 Å². The average molecular weight is 448 g/mol. The third-order valence-corrected chi connectivity index (χ3v) is 4.91. The number of benzene rings is 4. The molecule has 0 heterocycles. The van der Waals surface area contributed by atoms with Crippen LogP contribution in [0.15, 0.2) is 77.8 Å². The van der Waals surface area contributed by atoms with E-state index in [0.717, 1.165) is 32.7 Å². The molecule has 0 unspecified atom stereocenters. The molecule has 0 aromatic heterocycles. The molecule has 0 bridgehead atoms. The number of halogens is 1. The minimum absolute atomic E-state index is 0. The van der Waals surface area contributed by atoms with Crippen molar-refractivity contribution in [1.29, 1.82) is 0 Å². The van der Waals surface area contributed by atoms with Crippen LogP contribution >= 0.6 is 12.4 Å². The highest BCUT2D eigenvalue weighted by atomic mass is 35.5. The molecule has 0 fully saturated rings. The van der Waals surface area contributed by atoms with E-state index in [1.165, 1.54) is 13.8 Å². The zero-order chi connectivity index (χ0) is 21.8. The monoisotopic (exact) mass is 447 g/mol. The van der Waals surface area contributed by atoms with Crippen LogP contribution in [0.4, 0.5) is 0 Å². The highest BCUT2D eigenvalue weighted by Crippen LogP contribution is 2.30. The number of esters is 2. The van der Waals surface area contributed by atoms with E-state index in [-0.39, 0.29) is 18.4 Å². The maximum absolute atomic E-state index is 11.6. The number of carbonyl (C=O) groups excluding carboxylic acids is 2. The first-order valence-corrected chi connectivity index (χ1v) is 9.92. The lowest BCUT2D eigenvalue weighted by atomic mass is 10.0. The topological polar surface area (TPSA) is 65.0 Å². The van der Waals surface area contributed by atoms with Gasteiger partial charge in [0.2, 0.25) is 0 Å². The highest BCUT2D eigenvalue weighted by molar-refractivity contribution is 6.03. The first kappa shape index (κ1) is 23.0. The summed E-state index contributed by atoms with van der Waals surface area (Å²) < 4.78 is 10.8. The lowest BCUT2D eigenvalue weighted by Gasteiger charge is -2.11. The van der Waals surface area contributed by atoms with Crippen LogP contribution in [0.1, 0.15) is 25.0 Å². The summed E-state index contributed by atoms with van der Waals surface area (Å²) in [5.74, 6) is 0.164. The molecular weight excluding hydrogens is 426 g/mol. The van der Waals surface area contributed by atoms with Crippen molar-refractivity contribution >= 4 is 52.1 Å². The minimum atomic E-state index is -0.392. The van der Waals surface area contributed by atoms with Crippen molar-refractivity contribution in [2.24, 2.45) is 4.99 Å². The van der Waals surface area contributed by atoms with Gasteiger partial charge >= 0.3 is 11.9 Å². The maximum atomic E-state index is 11.6. The van der Waals surface area contributed by atoms with Crippen LogP contribution in [0.3, 0.4) is 0 Å². The molecule has 0 aliphatic carbocycles. The number of rotatable bonds is 5. The van der Waals surface area contributed by atoms with E-state index in [1.54, 1.807) is 18.3 Å². The van der Waals surface area contributed by atoms with Gasteiger partial charge in [-0.05, 0) is 33.7 Å². The Morgan fingerprint density at radius 2 is 1.28 bits per heavy atom. The lowest BCUT2D eigenvalue weighted by molar-refractivity contribution is -0.132. The molecule has 0 aliphatic rings. The van der Waals surface area contributed by atoms with Gasteiger partial charge in [-0.2, -0.15) is 0 Å². The second-order valence-electron chi connectivity index (χ2n) is 7.12. The van der Waals surface area contributed by atoms with E-state index in [9.17, 15) is 9.59 Å². The number of carbonyl (C=O) groups is 2. The Morgan fingerprint density at radius 1 is 0.750 bits per heavy atom. The molecule has 6 heteroatoms. The first-order chi connectivity index (χ1) is 15.0. The fraction of sp³-hybridized carbons (Fsp3) is 0.115. The molecule has 5 nitrogen and oxygen atoms in total. The summed E-state index contributed by atoms with van der Waals surface area (Å²) in [5, 5.41) is 3.96. The Kier molecular flexibility index (Phi) is 7.23. The number of fused-ring (bicyclic) bond motifs is 2. The van der Waals surface area contributed by atoms with E-state index in [0.29, 0.717) is 18.0 Å². The Bertz CT molecular complexity index is 1330. The van der Waals surface area contributed by atoms with Crippen LogP contribution in [0.2, 0.25) is 0 Å². The van der Waals surface area contributed by atoms with Crippen LogP contribution in [-0.4, -0.2) is 18.2 Å². The zero-order valence-electron chi connectivity index (χ0n) is 17.7. The summed E-state index contributed by atoms with van der Waals surface area (Å²) >= 11 is 0. The average Bonchev–Trinajstić information content (AvgIpc) is 2.75. The third kappa shape index (κ3) is 4.95.